The third kappa shape index (κ3) is 2.44. The lowest BCUT2D eigenvalue weighted by atomic mass is 10.2. The summed E-state index contributed by atoms with van der Waals surface area (Å²) in [6.07, 6.45) is 4.85. The molecular weight excluding hydrogens is 304 g/mol. The predicted molar refractivity (Wildman–Crippen MR) is 90.3 cm³/mol. The molecule has 0 fully saturated rings. The predicted octanol–water partition coefficient (Wildman–Crippen LogP) is 3.57. The monoisotopic (exact) mass is 318 g/mol. The maximum Gasteiger partial charge on any atom is 0.259 e. The second-order valence-electron chi connectivity index (χ2n) is 5.35. The third-order valence-electron chi connectivity index (χ3n) is 3.81. The van der Waals surface area contributed by atoms with Gasteiger partial charge in [-0.25, -0.2) is 9.97 Å². The number of hydrogen-bond donors (Lipinski definition) is 1. The van der Waals surface area contributed by atoms with Gasteiger partial charge in [-0.05, 0) is 37.3 Å². The van der Waals surface area contributed by atoms with E-state index in [1.54, 1.807) is 25.5 Å². The molecule has 0 saturated heterocycles. The number of amides is 1. The molecule has 0 aliphatic rings. The van der Waals surface area contributed by atoms with E-state index in [0.717, 1.165) is 16.9 Å². The summed E-state index contributed by atoms with van der Waals surface area (Å²) in [4.78, 5) is 20.9. The van der Waals surface area contributed by atoms with Gasteiger partial charge in [-0.2, -0.15) is 0 Å². The highest BCUT2D eigenvalue weighted by molar-refractivity contribution is 6.04. The molecule has 24 heavy (non-hydrogen) atoms. The standard InChI is InChI=1S/C18H14N4O2/c1-12-14(8-9-24-12)18(23)21-13-6-7-17(19-10-13)22-11-20-15-4-2-3-5-16(15)22/h2-11H,1H3,(H,21,23). The van der Waals surface area contributed by atoms with Gasteiger partial charge in [0.1, 0.15) is 17.9 Å². The number of furan rings is 1. The van der Waals surface area contributed by atoms with Crippen LogP contribution in [0.3, 0.4) is 0 Å². The van der Waals surface area contributed by atoms with Crippen LogP contribution in [0.4, 0.5) is 5.69 Å². The molecule has 1 amide bonds. The minimum absolute atomic E-state index is 0.219. The van der Waals surface area contributed by atoms with Gasteiger partial charge in [-0.1, -0.05) is 12.1 Å². The maximum atomic E-state index is 12.2. The molecule has 0 radical (unpaired) electrons. The molecule has 1 aromatic carbocycles. The number of nitrogens with one attached hydrogen (secondary N) is 1. The first-order chi connectivity index (χ1) is 11.7. The topological polar surface area (TPSA) is 73.0 Å². The molecule has 0 saturated carbocycles. The molecule has 6 nitrogen and oxygen atoms in total. The molecule has 3 heterocycles. The molecule has 0 aliphatic carbocycles. The lowest BCUT2D eigenvalue weighted by molar-refractivity contribution is 0.102. The van der Waals surface area contributed by atoms with E-state index in [1.165, 1.54) is 6.26 Å². The zero-order chi connectivity index (χ0) is 16.5. The lowest BCUT2D eigenvalue weighted by Gasteiger charge is -2.06. The van der Waals surface area contributed by atoms with Crippen molar-refractivity contribution < 1.29 is 9.21 Å². The van der Waals surface area contributed by atoms with Gasteiger partial charge < -0.3 is 9.73 Å². The Morgan fingerprint density at radius 2 is 2.00 bits per heavy atom. The molecular formula is C18H14N4O2. The van der Waals surface area contributed by atoms with Crippen molar-refractivity contribution in [3.8, 4) is 5.82 Å². The second kappa shape index (κ2) is 5.66. The lowest BCUT2D eigenvalue weighted by Crippen LogP contribution is -2.12. The molecule has 0 bridgehead atoms. The van der Waals surface area contributed by atoms with Crippen molar-refractivity contribution in [2.24, 2.45) is 0 Å². The number of nitrogens with zero attached hydrogens (tertiary/aromatic N) is 3. The van der Waals surface area contributed by atoms with Crippen LogP contribution in [0.15, 0.2) is 65.7 Å². The molecule has 1 N–H and O–H groups in total. The van der Waals surface area contributed by atoms with Gasteiger partial charge in [0, 0.05) is 0 Å². The third-order valence-corrected chi connectivity index (χ3v) is 3.81. The van der Waals surface area contributed by atoms with Crippen LogP contribution in [0, 0.1) is 6.92 Å². The van der Waals surface area contributed by atoms with Gasteiger partial charge in [0.2, 0.25) is 0 Å². The van der Waals surface area contributed by atoms with Crippen LogP contribution in [0.5, 0.6) is 0 Å². The van der Waals surface area contributed by atoms with Crippen LogP contribution < -0.4 is 5.32 Å². The first kappa shape index (κ1) is 14.2. The number of anilines is 1. The number of rotatable bonds is 3. The number of carbonyl (C=O) groups excluding carboxylic acids is 1. The number of benzene rings is 1. The van der Waals surface area contributed by atoms with Crippen LogP contribution in [-0.4, -0.2) is 20.4 Å². The van der Waals surface area contributed by atoms with Crippen molar-refractivity contribution in [1.82, 2.24) is 14.5 Å². The number of para-hydroxylation sites is 2. The van der Waals surface area contributed by atoms with E-state index < -0.39 is 0 Å². The molecule has 0 unspecified atom stereocenters. The van der Waals surface area contributed by atoms with Crippen molar-refractivity contribution in [2.75, 3.05) is 5.32 Å². The quantitative estimate of drug-likeness (QED) is 0.626. The largest absolute Gasteiger partial charge is 0.469 e. The van der Waals surface area contributed by atoms with Gasteiger partial charge >= 0.3 is 0 Å². The average Bonchev–Trinajstić information content (AvgIpc) is 3.22. The number of hydrogen-bond acceptors (Lipinski definition) is 4. The van der Waals surface area contributed by atoms with E-state index >= 15 is 0 Å². The molecule has 6 heteroatoms. The molecule has 0 spiro atoms. The molecule has 4 aromatic rings. The van der Waals surface area contributed by atoms with Gasteiger partial charge in [0.05, 0.1) is 34.7 Å². The number of aryl methyl sites for hydroxylation is 1. The van der Waals surface area contributed by atoms with Gasteiger partial charge in [0.25, 0.3) is 5.91 Å². The van der Waals surface area contributed by atoms with Crippen molar-refractivity contribution in [3.05, 3.63) is 72.6 Å². The van der Waals surface area contributed by atoms with Crippen molar-refractivity contribution in [2.45, 2.75) is 6.92 Å². The van der Waals surface area contributed by atoms with Crippen LogP contribution in [0.1, 0.15) is 16.1 Å². The molecule has 118 valence electrons. The van der Waals surface area contributed by atoms with Gasteiger partial charge in [-0.15, -0.1) is 0 Å². The van der Waals surface area contributed by atoms with Crippen molar-refractivity contribution in [1.29, 1.82) is 0 Å². The maximum absolute atomic E-state index is 12.2. The summed E-state index contributed by atoms with van der Waals surface area (Å²) < 4.78 is 7.05. The molecule has 0 atom stereocenters. The van der Waals surface area contributed by atoms with E-state index in [-0.39, 0.29) is 5.91 Å². The number of carbonyl (C=O) groups is 1. The SMILES string of the molecule is Cc1occc1C(=O)Nc1ccc(-n2cnc3ccccc32)nc1. The Balaban J connectivity index is 1.59. The average molecular weight is 318 g/mol. The van der Waals surface area contributed by atoms with Crippen LogP contribution in [0.25, 0.3) is 16.9 Å². The van der Waals surface area contributed by atoms with Crippen molar-refractivity contribution >= 4 is 22.6 Å². The number of aromatic nitrogens is 3. The van der Waals surface area contributed by atoms with E-state index in [9.17, 15) is 4.79 Å². The zero-order valence-electron chi connectivity index (χ0n) is 12.9. The Labute approximate surface area is 137 Å². The fraction of sp³-hybridized carbons (Fsp3) is 0.0556. The number of pyridine rings is 1. The highest BCUT2D eigenvalue weighted by atomic mass is 16.3. The molecule has 4 rings (SSSR count). The smallest absolute Gasteiger partial charge is 0.259 e. The highest BCUT2D eigenvalue weighted by Crippen LogP contribution is 2.18. The van der Waals surface area contributed by atoms with E-state index in [4.69, 9.17) is 4.42 Å². The number of fused-ring (bicyclic) bond motifs is 1. The first-order valence-corrected chi connectivity index (χ1v) is 7.46. The summed E-state index contributed by atoms with van der Waals surface area (Å²) >= 11 is 0. The summed E-state index contributed by atoms with van der Waals surface area (Å²) in [6.45, 7) is 1.75. The van der Waals surface area contributed by atoms with E-state index in [1.807, 2.05) is 41.0 Å². The van der Waals surface area contributed by atoms with Gasteiger partial charge in [-0.3, -0.25) is 9.36 Å². The Hall–Kier alpha value is -3.41. The Morgan fingerprint density at radius 3 is 2.75 bits per heavy atom. The number of imidazole rings is 1. The van der Waals surface area contributed by atoms with Crippen LogP contribution >= 0.6 is 0 Å². The molecule has 0 aliphatic heterocycles. The minimum atomic E-state index is -0.219. The van der Waals surface area contributed by atoms with Crippen LogP contribution in [0.2, 0.25) is 0 Å². The summed E-state index contributed by atoms with van der Waals surface area (Å²) in [6, 6.07) is 13.1. The van der Waals surface area contributed by atoms with Crippen molar-refractivity contribution in [3.63, 3.8) is 0 Å². The second-order valence-corrected chi connectivity index (χ2v) is 5.35. The van der Waals surface area contributed by atoms with Gasteiger partial charge in [0.15, 0.2) is 0 Å². The Kier molecular flexibility index (Phi) is 3.35. The summed E-state index contributed by atoms with van der Waals surface area (Å²) in [7, 11) is 0. The molecule has 3 aromatic heterocycles. The Bertz CT molecular complexity index is 1010. The summed E-state index contributed by atoms with van der Waals surface area (Å²) in [5.41, 5.74) is 3.02. The fourth-order valence-corrected chi connectivity index (χ4v) is 2.56. The Morgan fingerprint density at radius 1 is 1.12 bits per heavy atom. The first-order valence-electron chi connectivity index (χ1n) is 7.46. The van der Waals surface area contributed by atoms with E-state index in [0.29, 0.717) is 17.0 Å². The highest BCUT2D eigenvalue weighted by Gasteiger charge is 2.12. The van der Waals surface area contributed by atoms with E-state index in [2.05, 4.69) is 15.3 Å². The normalized spacial score (nSPS) is 10.9. The summed E-state index contributed by atoms with van der Waals surface area (Å²) in [5.74, 6) is 1.10. The fourth-order valence-electron chi connectivity index (χ4n) is 2.56. The van der Waals surface area contributed by atoms with Crippen LogP contribution in [-0.2, 0) is 0 Å². The minimum Gasteiger partial charge on any atom is -0.469 e. The zero-order valence-corrected chi connectivity index (χ0v) is 12.9. The summed E-state index contributed by atoms with van der Waals surface area (Å²) in [5, 5.41) is 2.81.